The molecule has 0 bridgehead atoms. The number of nitrogens with one attached hydrogen (secondary N) is 1. The van der Waals surface area contributed by atoms with Crippen molar-refractivity contribution in [1.29, 1.82) is 0 Å². The van der Waals surface area contributed by atoms with E-state index < -0.39 is 0 Å². The summed E-state index contributed by atoms with van der Waals surface area (Å²) < 4.78 is 0. The maximum Gasteiger partial charge on any atom is 0.00991 e. The van der Waals surface area contributed by atoms with Crippen molar-refractivity contribution in [3.8, 4) is 0 Å². The average molecular weight is 205 g/mol. The van der Waals surface area contributed by atoms with Crippen LogP contribution in [0.2, 0.25) is 0 Å². The molecule has 1 N–H and O–H groups in total. The first-order chi connectivity index (χ1) is 5.58. The van der Waals surface area contributed by atoms with Gasteiger partial charge in [-0.25, -0.2) is 0 Å². The van der Waals surface area contributed by atoms with Crippen LogP contribution in [0.4, 0.5) is 0 Å². The minimum Gasteiger partial charge on any atom is -0.309 e. The summed E-state index contributed by atoms with van der Waals surface area (Å²) in [5, 5.41) is 3.67. The van der Waals surface area contributed by atoms with Crippen LogP contribution < -0.4 is 5.32 Å². The fourth-order valence-corrected chi connectivity index (χ4v) is 3.68. The third-order valence-electron chi connectivity index (χ3n) is 1.82. The van der Waals surface area contributed by atoms with Crippen molar-refractivity contribution in [3.63, 3.8) is 0 Å². The van der Waals surface area contributed by atoms with Gasteiger partial charge in [0.2, 0.25) is 0 Å². The lowest BCUT2D eigenvalue weighted by Gasteiger charge is -2.27. The predicted octanol–water partition coefficient (Wildman–Crippen LogP) is 2.92. The molecule has 0 aromatic rings. The second-order valence-electron chi connectivity index (χ2n) is 4.31. The highest BCUT2D eigenvalue weighted by atomic mass is 33.1. The van der Waals surface area contributed by atoms with Crippen LogP contribution in [0.5, 0.6) is 0 Å². The molecule has 0 aliphatic carbocycles. The van der Waals surface area contributed by atoms with Gasteiger partial charge < -0.3 is 5.32 Å². The number of hydrogen-bond donors (Lipinski definition) is 1. The number of rotatable bonds is 1. The van der Waals surface area contributed by atoms with Crippen LogP contribution in [0.3, 0.4) is 0 Å². The molecule has 0 radical (unpaired) electrons. The summed E-state index contributed by atoms with van der Waals surface area (Å²) in [6.07, 6.45) is 2.66. The molecule has 1 aliphatic rings. The van der Waals surface area contributed by atoms with Gasteiger partial charge in [0.05, 0.1) is 0 Å². The maximum absolute atomic E-state index is 3.67. The van der Waals surface area contributed by atoms with E-state index in [1.807, 2.05) is 21.6 Å². The SMILES string of the molecule is CC(C)(C)NC1CCSSCC1. The fourth-order valence-electron chi connectivity index (χ4n) is 1.40. The molecule has 1 aliphatic heterocycles. The molecule has 0 spiro atoms. The summed E-state index contributed by atoms with van der Waals surface area (Å²) in [4.78, 5) is 0. The molecule has 1 nitrogen and oxygen atoms in total. The second kappa shape index (κ2) is 4.77. The Labute approximate surface area is 83.8 Å². The van der Waals surface area contributed by atoms with Crippen LogP contribution in [0.25, 0.3) is 0 Å². The topological polar surface area (TPSA) is 12.0 Å². The Morgan fingerprint density at radius 2 is 1.58 bits per heavy atom. The van der Waals surface area contributed by atoms with Crippen molar-refractivity contribution in [2.45, 2.75) is 45.2 Å². The lowest BCUT2D eigenvalue weighted by atomic mass is 10.0. The molecular weight excluding hydrogens is 186 g/mol. The summed E-state index contributed by atoms with van der Waals surface area (Å²) in [6.45, 7) is 6.74. The first-order valence-electron chi connectivity index (χ1n) is 4.60. The zero-order chi connectivity index (χ0) is 9.03. The normalized spacial score (nSPS) is 22.2. The average Bonchev–Trinajstić information content (AvgIpc) is 2.12. The van der Waals surface area contributed by atoms with Crippen molar-refractivity contribution < 1.29 is 0 Å². The molecule has 1 fully saturated rings. The quantitative estimate of drug-likeness (QED) is 0.661. The molecule has 0 amide bonds. The van der Waals surface area contributed by atoms with Crippen molar-refractivity contribution >= 4 is 21.6 Å². The Kier molecular flexibility index (Phi) is 4.27. The lowest BCUT2D eigenvalue weighted by Crippen LogP contribution is -2.43. The molecule has 1 rings (SSSR count). The summed E-state index contributed by atoms with van der Waals surface area (Å²) >= 11 is 0. The van der Waals surface area contributed by atoms with Gasteiger partial charge in [0.1, 0.15) is 0 Å². The Morgan fingerprint density at radius 1 is 1.08 bits per heavy atom. The lowest BCUT2D eigenvalue weighted by molar-refractivity contribution is 0.348. The van der Waals surface area contributed by atoms with E-state index in [-0.39, 0.29) is 5.54 Å². The van der Waals surface area contributed by atoms with Crippen LogP contribution >= 0.6 is 21.6 Å². The van der Waals surface area contributed by atoms with E-state index in [9.17, 15) is 0 Å². The Balaban J connectivity index is 2.30. The monoisotopic (exact) mass is 205 g/mol. The summed E-state index contributed by atoms with van der Waals surface area (Å²) in [5.74, 6) is 2.61. The van der Waals surface area contributed by atoms with Crippen molar-refractivity contribution in [1.82, 2.24) is 5.32 Å². The van der Waals surface area contributed by atoms with Gasteiger partial charge in [0.15, 0.2) is 0 Å². The van der Waals surface area contributed by atoms with E-state index in [0.29, 0.717) is 0 Å². The highest BCUT2D eigenvalue weighted by molar-refractivity contribution is 8.76. The first kappa shape index (κ1) is 10.7. The van der Waals surface area contributed by atoms with E-state index >= 15 is 0 Å². The van der Waals surface area contributed by atoms with Gasteiger partial charge in [0.25, 0.3) is 0 Å². The maximum atomic E-state index is 3.67. The smallest absolute Gasteiger partial charge is 0.00991 e. The van der Waals surface area contributed by atoms with E-state index in [1.165, 1.54) is 24.3 Å². The Morgan fingerprint density at radius 3 is 2.00 bits per heavy atom. The molecule has 1 saturated heterocycles. The molecule has 0 unspecified atom stereocenters. The zero-order valence-corrected chi connectivity index (χ0v) is 9.86. The Bertz CT molecular complexity index is 123. The second-order valence-corrected chi connectivity index (χ2v) is 7.01. The molecule has 0 aromatic heterocycles. The third-order valence-corrected chi connectivity index (χ3v) is 4.29. The fraction of sp³-hybridized carbons (Fsp3) is 1.00. The molecule has 0 atom stereocenters. The summed E-state index contributed by atoms with van der Waals surface area (Å²) in [5.41, 5.74) is 0.282. The zero-order valence-electron chi connectivity index (χ0n) is 8.22. The summed E-state index contributed by atoms with van der Waals surface area (Å²) in [7, 11) is 4.04. The van der Waals surface area contributed by atoms with Gasteiger partial charge in [0, 0.05) is 23.1 Å². The predicted molar refractivity (Wildman–Crippen MR) is 60.8 cm³/mol. The molecule has 0 saturated carbocycles. The van der Waals surface area contributed by atoms with Crippen LogP contribution in [-0.4, -0.2) is 23.1 Å². The van der Waals surface area contributed by atoms with Gasteiger partial charge in [-0.3, -0.25) is 0 Å². The van der Waals surface area contributed by atoms with Crippen LogP contribution in [0.15, 0.2) is 0 Å². The van der Waals surface area contributed by atoms with Crippen molar-refractivity contribution in [3.05, 3.63) is 0 Å². The van der Waals surface area contributed by atoms with Gasteiger partial charge in [-0.05, 0) is 33.6 Å². The standard InChI is InChI=1S/C9H19NS2/c1-9(2,3)10-8-4-6-11-12-7-5-8/h8,10H,4-7H2,1-3H3. The largest absolute Gasteiger partial charge is 0.309 e. The molecular formula is C9H19NS2. The Hall–Kier alpha value is 0.660. The third kappa shape index (κ3) is 4.63. The molecule has 1 heterocycles. The van der Waals surface area contributed by atoms with E-state index in [4.69, 9.17) is 0 Å². The highest BCUT2D eigenvalue weighted by Gasteiger charge is 2.18. The number of hydrogen-bond acceptors (Lipinski definition) is 3. The van der Waals surface area contributed by atoms with Crippen LogP contribution in [0, 0.1) is 0 Å². The molecule has 12 heavy (non-hydrogen) atoms. The van der Waals surface area contributed by atoms with Gasteiger partial charge in [-0.1, -0.05) is 21.6 Å². The van der Waals surface area contributed by atoms with Crippen molar-refractivity contribution in [2.24, 2.45) is 0 Å². The van der Waals surface area contributed by atoms with Gasteiger partial charge >= 0.3 is 0 Å². The van der Waals surface area contributed by atoms with E-state index in [0.717, 1.165) is 6.04 Å². The molecule has 72 valence electrons. The minimum atomic E-state index is 0.282. The first-order valence-corrected chi connectivity index (χ1v) is 7.09. The van der Waals surface area contributed by atoms with Gasteiger partial charge in [-0.15, -0.1) is 0 Å². The minimum absolute atomic E-state index is 0.282. The van der Waals surface area contributed by atoms with Gasteiger partial charge in [-0.2, -0.15) is 0 Å². The summed E-state index contributed by atoms with van der Waals surface area (Å²) in [6, 6.07) is 0.743. The van der Waals surface area contributed by atoms with Crippen molar-refractivity contribution in [2.75, 3.05) is 11.5 Å². The highest BCUT2D eigenvalue weighted by Crippen LogP contribution is 2.28. The molecule has 3 heteroatoms. The van der Waals surface area contributed by atoms with Crippen LogP contribution in [0.1, 0.15) is 33.6 Å². The molecule has 0 aromatic carbocycles. The van der Waals surface area contributed by atoms with E-state index in [2.05, 4.69) is 26.1 Å². The van der Waals surface area contributed by atoms with E-state index in [1.54, 1.807) is 0 Å². The van der Waals surface area contributed by atoms with Crippen LogP contribution in [-0.2, 0) is 0 Å².